The summed E-state index contributed by atoms with van der Waals surface area (Å²) in [4.78, 5) is 2.46. The molecule has 0 saturated heterocycles. The lowest BCUT2D eigenvalue weighted by Gasteiger charge is -2.20. The van der Waals surface area contributed by atoms with E-state index in [-0.39, 0.29) is 0 Å². The van der Waals surface area contributed by atoms with Gasteiger partial charge in [0, 0.05) is 25.7 Å². The van der Waals surface area contributed by atoms with Gasteiger partial charge in [0.1, 0.15) is 11.5 Å². The van der Waals surface area contributed by atoms with E-state index in [1.807, 2.05) is 0 Å². The summed E-state index contributed by atoms with van der Waals surface area (Å²) in [6, 6.07) is 5.39. The van der Waals surface area contributed by atoms with Gasteiger partial charge in [-0.1, -0.05) is 13.8 Å². The third-order valence-corrected chi connectivity index (χ3v) is 3.41. The van der Waals surface area contributed by atoms with E-state index in [2.05, 4.69) is 36.2 Å². The van der Waals surface area contributed by atoms with Crippen molar-refractivity contribution >= 4 is 0 Å². The van der Waals surface area contributed by atoms with Gasteiger partial charge < -0.3 is 14.5 Å². The summed E-state index contributed by atoms with van der Waals surface area (Å²) in [5, 5.41) is 3.37. The minimum Gasteiger partial charge on any atom is -0.463 e. The van der Waals surface area contributed by atoms with Gasteiger partial charge in [-0.3, -0.25) is 4.90 Å². The number of rotatable bonds is 9. The number of ether oxygens (including phenoxy) is 1. The molecule has 0 bridgehead atoms. The van der Waals surface area contributed by atoms with Crippen molar-refractivity contribution in [3.05, 3.63) is 23.7 Å². The molecule has 0 spiro atoms. The van der Waals surface area contributed by atoms with Crippen molar-refractivity contribution in [1.29, 1.82) is 0 Å². The molecule has 4 heteroatoms. The quantitative estimate of drug-likeness (QED) is 0.745. The molecule has 0 aromatic carbocycles. The van der Waals surface area contributed by atoms with Crippen LogP contribution in [0.2, 0.25) is 0 Å². The lowest BCUT2D eigenvalue weighted by atomic mass is 10.3. The Kier molecular flexibility index (Phi) is 5.43. The van der Waals surface area contributed by atoms with E-state index in [0.29, 0.717) is 6.04 Å². The van der Waals surface area contributed by atoms with Crippen molar-refractivity contribution in [3.63, 3.8) is 0 Å². The molecule has 1 heterocycles. The normalized spacial score (nSPS) is 15.6. The van der Waals surface area contributed by atoms with Gasteiger partial charge in [-0.2, -0.15) is 0 Å². The van der Waals surface area contributed by atoms with Crippen molar-refractivity contribution < 1.29 is 9.15 Å². The largest absolute Gasteiger partial charge is 0.463 e. The molecule has 1 aromatic heterocycles. The SMILES string of the molecule is COCCN(Cc1ccc(CNC(C)C)o1)C1CC1. The molecule has 0 unspecified atom stereocenters. The van der Waals surface area contributed by atoms with Gasteiger partial charge in [-0.15, -0.1) is 0 Å². The molecule has 2 rings (SSSR count). The molecule has 108 valence electrons. The molecule has 0 atom stereocenters. The third kappa shape index (κ3) is 4.97. The second-order valence-corrected chi connectivity index (χ2v) is 5.60. The Morgan fingerprint density at radius 1 is 1.37 bits per heavy atom. The summed E-state index contributed by atoms with van der Waals surface area (Å²) in [6.45, 7) is 7.77. The first-order valence-electron chi connectivity index (χ1n) is 7.23. The average Bonchev–Trinajstić information content (AvgIpc) is 3.13. The van der Waals surface area contributed by atoms with Crippen LogP contribution in [0.15, 0.2) is 16.5 Å². The van der Waals surface area contributed by atoms with Crippen LogP contribution in [0.25, 0.3) is 0 Å². The van der Waals surface area contributed by atoms with Crippen molar-refractivity contribution in [2.45, 2.75) is 51.9 Å². The Bertz CT molecular complexity index is 372. The summed E-state index contributed by atoms with van der Waals surface area (Å²) in [5.74, 6) is 2.08. The highest BCUT2D eigenvalue weighted by molar-refractivity contribution is 5.07. The van der Waals surface area contributed by atoms with Crippen LogP contribution in [-0.2, 0) is 17.8 Å². The molecule has 19 heavy (non-hydrogen) atoms. The molecule has 1 fully saturated rings. The van der Waals surface area contributed by atoms with Crippen LogP contribution in [0.3, 0.4) is 0 Å². The predicted molar refractivity (Wildman–Crippen MR) is 76.0 cm³/mol. The smallest absolute Gasteiger partial charge is 0.118 e. The Morgan fingerprint density at radius 3 is 2.74 bits per heavy atom. The highest BCUT2D eigenvalue weighted by Crippen LogP contribution is 2.28. The third-order valence-electron chi connectivity index (χ3n) is 3.41. The molecule has 0 amide bonds. The van der Waals surface area contributed by atoms with E-state index in [4.69, 9.17) is 9.15 Å². The number of hydrogen-bond acceptors (Lipinski definition) is 4. The van der Waals surface area contributed by atoms with Gasteiger partial charge in [0.2, 0.25) is 0 Å². The van der Waals surface area contributed by atoms with Crippen LogP contribution < -0.4 is 5.32 Å². The molecule has 1 N–H and O–H groups in total. The van der Waals surface area contributed by atoms with Crippen molar-refractivity contribution in [3.8, 4) is 0 Å². The first kappa shape index (κ1) is 14.6. The van der Waals surface area contributed by atoms with E-state index >= 15 is 0 Å². The molecule has 1 aromatic rings. The number of methoxy groups -OCH3 is 1. The standard InChI is InChI=1S/C15H26N2O2/c1-12(2)16-10-14-6-7-15(19-14)11-17(8-9-18-3)13-4-5-13/h6-7,12-13,16H,4-5,8-11H2,1-3H3. The maximum absolute atomic E-state index is 5.88. The Balaban J connectivity index is 1.83. The second kappa shape index (κ2) is 7.08. The van der Waals surface area contributed by atoms with Crippen molar-refractivity contribution in [2.24, 2.45) is 0 Å². The molecule has 0 radical (unpaired) electrons. The van der Waals surface area contributed by atoms with E-state index in [0.717, 1.165) is 43.8 Å². The number of nitrogens with one attached hydrogen (secondary N) is 1. The summed E-state index contributed by atoms with van der Waals surface area (Å²) >= 11 is 0. The molecular formula is C15H26N2O2. The van der Waals surface area contributed by atoms with Gasteiger partial charge >= 0.3 is 0 Å². The van der Waals surface area contributed by atoms with Gasteiger partial charge in [0.15, 0.2) is 0 Å². The lowest BCUT2D eigenvalue weighted by molar-refractivity contribution is 0.134. The van der Waals surface area contributed by atoms with Gasteiger partial charge in [-0.25, -0.2) is 0 Å². The molecular weight excluding hydrogens is 240 g/mol. The fourth-order valence-electron chi connectivity index (χ4n) is 2.15. The number of nitrogens with zero attached hydrogens (tertiary/aromatic N) is 1. The molecule has 0 aliphatic heterocycles. The maximum Gasteiger partial charge on any atom is 0.118 e. The zero-order chi connectivity index (χ0) is 13.7. The summed E-state index contributed by atoms with van der Waals surface area (Å²) < 4.78 is 11.1. The predicted octanol–water partition coefficient (Wildman–Crippen LogP) is 2.39. The van der Waals surface area contributed by atoms with Crippen molar-refractivity contribution in [1.82, 2.24) is 10.2 Å². The maximum atomic E-state index is 5.88. The topological polar surface area (TPSA) is 37.6 Å². The molecule has 4 nitrogen and oxygen atoms in total. The van der Waals surface area contributed by atoms with Crippen LogP contribution in [0.5, 0.6) is 0 Å². The van der Waals surface area contributed by atoms with E-state index in [9.17, 15) is 0 Å². The van der Waals surface area contributed by atoms with E-state index in [1.165, 1.54) is 12.8 Å². The zero-order valence-corrected chi connectivity index (χ0v) is 12.3. The Hall–Kier alpha value is -0.840. The van der Waals surface area contributed by atoms with Gasteiger partial charge in [0.05, 0.1) is 19.7 Å². The van der Waals surface area contributed by atoms with E-state index < -0.39 is 0 Å². The van der Waals surface area contributed by atoms with Crippen LogP contribution in [0.1, 0.15) is 38.2 Å². The number of furan rings is 1. The highest BCUT2D eigenvalue weighted by Gasteiger charge is 2.29. The number of hydrogen-bond donors (Lipinski definition) is 1. The minimum atomic E-state index is 0.484. The summed E-state index contributed by atoms with van der Waals surface area (Å²) in [6.07, 6.45) is 2.62. The summed E-state index contributed by atoms with van der Waals surface area (Å²) in [7, 11) is 1.76. The molecule has 1 saturated carbocycles. The second-order valence-electron chi connectivity index (χ2n) is 5.60. The van der Waals surface area contributed by atoms with Crippen molar-refractivity contribution in [2.75, 3.05) is 20.3 Å². The fraction of sp³-hybridized carbons (Fsp3) is 0.733. The van der Waals surface area contributed by atoms with Crippen LogP contribution in [0, 0.1) is 0 Å². The molecule has 1 aliphatic rings. The minimum absolute atomic E-state index is 0.484. The van der Waals surface area contributed by atoms with Gasteiger partial charge in [-0.05, 0) is 25.0 Å². The Morgan fingerprint density at radius 2 is 2.11 bits per heavy atom. The molecule has 1 aliphatic carbocycles. The lowest BCUT2D eigenvalue weighted by Crippen LogP contribution is -2.28. The average molecular weight is 266 g/mol. The van der Waals surface area contributed by atoms with Crippen LogP contribution in [-0.4, -0.2) is 37.2 Å². The summed E-state index contributed by atoms with van der Waals surface area (Å²) in [5.41, 5.74) is 0. The van der Waals surface area contributed by atoms with Crippen LogP contribution >= 0.6 is 0 Å². The highest BCUT2D eigenvalue weighted by atomic mass is 16.5. The first-order valence-corrected chi connectivity index (χ1v) is 7.23. The fourth-order valence-corrected chi connectivity index (χ4v) is 2.15. The van der Waals surface area contributed by atoms with Crippen LogP contribution in [0.4, 0.5) is 0 Å². The van der Waals surface area contributed by atoms with E-state index in [1.54, 1.807) is 7.11 Å². The first-order chi connectivity index (χ1) is 9.19. The Labute approximate surface area is 116 Å². The zero-order valence-electron chi connectivity index (χ0n) is 12.3. The van der Waals surface area contributed by atoms with Gasteiger partial charge in [0.25, 0.3) is 0 Å². The monoisotopic (exact) mass is 266 g/mol.